The molecule has 1 unspecified atom stereocenters. The molecule has 0 saturated carbocycles. The van der Waals surface area contributed by atoms with Crippen LogP contribution in [0.4, 0.5) is 4.39 Å². The van der Waals surface area contributed by atoms with Gasteiger partial charge in [-0.05, 0) is 17.7 Å². The third kappa shape index (κ3) is 1.96. The molecule has 0 aliphatic heterocycles. The molecule has 1 rings (SSSR count). The van der Waals surface area contributed by atoms with Crippen LogP contribution in [0.2, 0.25) is 5.02 Å². The summed E-state index contributed by atoms with van der Waals surface area (Å²) in [4.78, 5) is 0. The fourth-order valence-corrected chi connectivity index (χ4v) is 1.04. The van der Waals surface area contributed by atoms with Gasteiger partial charge in [0.1, 0.15) is 5.82 Å². The Morgan fingerprint density at radius 3 is 2.75 bits per heavy atom. The van der Waals surface area contributed by atoms with Crippen molar-refractivity contribution in [3.05, 3.63) is 34.6 Å². The number of hydrogen-bond acceptors (Lipinski definition) is 1. The van der Waals surface area contributed by atoms with Crippen LogP contribution in [0.5, 0.6) is 0 Å². The second-order valence-corrected chi connectivity index (χ2v) is 3.16. The number of aliphatic hydroxyl groups is 1. The summed E-state index contributed by atoms with van der Waals surface area (Å²) < 4.78 is 12.9. The fraction of sp³-hybridized carbons (Fsp3) is 0.333. The fourth-order valence-electron chi connectivity index (χ4n) is 0.924. The van der Waals surface area contributed by atoms with Crippen molar-refractivity contribution >= 4 is 11.6 Å². The van der Waals surface area contributed by atoms with Crippen LogP contribution >= 0.6 is 11.6 Å². The molecule has 0 saturated heterocycles. The lowest BCUT2D eigenvalue weighted by atomic mass is 10.0. The zero-order valence-electron chi connectivity index (χ0n) is 6.72. The molecule has 0 spiro atoms. The van der Waals surface area contributed by atoms with E-state index in [-0.39, 0.29) is 17.5 Å². The van der Waals surface area contributed by atoms with Crippen LogP contribution in [0, 0.1) is 5.82 Å². The summed E-state index contributed by atoms with van der Waals surface area (Å²) in [5.74, 6) is -0.480. The Labute approximate surface area is 75.8 Å². The molecule has 1 aromatic rings. The summed E-state index contributed by atoms with van der Waals surface area (Å²) in [6, 6.07) is 4.56. The molecule has 1 atom stereocenters. The number of benzene rings is 1. The Kier molecular flexibility index (Phi) is 3.06. The monoisotopic (exact) mass is 188 g/mol. The van der Waals surface area contributed by atoms with Crippen LogP contribution in [0.15, 0.2) is 18.2 Å². The zero-order chi connectivity index (χ0) is 9.14. The quantitative estimate of drug-likeness (QED) is 0.757. The van der Waals surface area contributed by atoms with Crippen molar-refractivity contribution in [3.8, 4) is 0 Å². The normalized spacial score (nSPS) is 13.0. The van der Waals surface area contributed by atoms with Gasteiger partial charge in [0, 0.05) is 12.5 Å². The van der Waals surface area contributed by atoms with E-state index in [0.29, 0.717) is 0 Å². The minimum absolute atomic E-state index is 0.0150. The number of aliphatic hydroxyl groups excluding tert-OH is 1. The second kappa shape index (κ2) is 3.87. The van der Waals surface area contributed by atoms with Gasteiger partial charge in [-0.1, -0.05) is 24.6 Å². The first kappa shape index (κ1) is 9.49. The molecule has 0 bridgehead atoms. The van der Waals surface area contributed by atoms with E-state index in [4.69, 9.17) is 16.7 Å². The third-order valence-electron chi connectivity index (χ3n) is 1.79. The highest BCUT2D eigenvalue weighted by atomic mass is 35.5. The summed E-state index contributed by atoms with van der Waals surface area (Å²) in [7, 11) is 0. The summed E-state index contributed by atoms with van der Waals surface area (Å²) >= 11 is 5.49. The van der Waals surface area contributed by atoms with Crippen molar-refractivity contribution in [2.24, 2.45) is 0 Å². The van der Waals surface area contributed by atoms with Gasteiger partial charge >= 0.3 is 0 Å². The predicted octanol–water partition coefficient (Wildman–Crippen LogP) is 2.57. The van der Waals surface area contributed by atoms with Gasteiger partial charge < -0.3 is 5.11 Å². The lowest BCUT2D eigenvalue weighted by Gasteiger charge is -2.07. The summed E-state index contributed by atoms with van der Waals surface area (Å²) in [5.41, 5.74) is 0.763. The molecular weight excluding hydrogens is 179 g/mol. The molecular formula is C9H10ClFO. The Morgan fingerprint density at radius 1 is 1.58 bits per heavy atom. The largest absolute Gasteiger partial charge is 0.396 e. The van der Waals surface area contributed by atoms with Crippen LogP contribution in [0.1, 0.15) is 18.4 Å². The lowest BCUT2D eigenvalue weighted by Crippen LogP contribution is -1.99. The van der Waals surface area contributed by atoms with Crippen molar-refractivity contribution in [3.63, 3.8) is 0 Å². The Hall–Kier alpha value is -0.600. The standard InChI is InChI=1S/C9H10ClFO/c1-6(5-12)7-2-3-8(10)9(11)4-7/h2-4,6,12H,5H2,1H3. The average Bonchev–Trinajstić information content (AvgIpc) is 2.08. The molecule has 12 heavy (non-hydrogen) atoms. The molecule has 1 nitrogen and oxygen atoms in total. The minimum atomic E-state index is -0.436. The predicted molar refractivity (Wildman–Crippen MR) is 46.9 cm³/mol. The topological polar surface area (TPSA) is 20.2 Å². The molecule has 0 aliphatic carbocycles. The molecule has 0 aliphatic rings. The van der Waals surface area contributed by atoms with Gasteiger partial charge in [-0.3, -0.25) is 0 Å². The SMILES string of the molecule is CC(CO)c1ccc(Cl)c(F)c1. The number of hydrogen-bond donors (Lipinski definition) is 1. The van der Waals surface area contributed by atoms with E-state index in [1.165, 1.54) is 12.1 Å². The highest BCUT2D eigenvalue weighted by Crippen LogP contribution is 2.20. The molecule has 0 heterocycles. The average molecular weight is 189 g/mol. The summed E-state index contributed by atoms with van der Waals surface area (Å²) in [5, 5.41) is 8.91. The van der Waals surface area contributed by atoms with Crippen LogP contribution in [-0.2, 0) is 0 Å². The number of rotatable bonds is 2. The molecule has 1 N–H and O–H groups in total. The molecule has 0 fully saturated rings. The number of halogens is 2. The van der Waals surface area contributed by atoms with Crippen molar-refractivity contribution in [2.45, 2.75) is 12.8 Å². The van der Waals surface area contributed by atoms with E-state index in [9.17, 15) is 4.39 Å². The Balaban J connectivity index is 2.96. The van der Waals surface area contributed by atoms with Crippen LogP contribution < -0.4 is 0 Å². The lowest BCUT2D eigenvalue weighted by molar-refractivity contribution is 0.273. The van der Waals surface area contributed by atoms with Crippen molar-refractivity contribution in [1.82, 2.24) is 0 Å². The van der Waals surface area contributed by atoms with Crippen LogP contribution in [0.25, 0.3) is 0 Å². The van der Waals surface area contributed by atoms with Crippen LogP contribution in [0.3, 0.4) is 0 Å². The van der Waals surface area contributed by atoms with E-state index in [1.54, 1.807) is 6.07 Å². The van der Waals surface area contributed by atoms with Gasteiger partial charge in [0.2, 0.25) is 0 Å². The van der Waals surface area contributed by atoms with Crippen LogP contribution in [-0.4, -0.2) is 11.7 Å². The smallest absolute Gasteiger partial charge is 0.142 e. The molecule has 0 amide bonds. The summed E-state index contributed by atoms with van der Waals surface area (Å²) in [6.07, 6.45) is 0. The third-order valence-corrected chi connectivity index (χ3v) is 2.09. The zero-order valence-corrected chi connectivity index (χ0v) is 7.48. The van der Waals surface area contributed by atoms with E-state index in [2.05, 4.69) is 0 Å². The maximum atomic E-state index is 12.9. The van der Waals surface area contributed by atoms with Crippen molar-refractivity contribution in [1.29, 1.82) is 0 Å². The van der Waals surface area contributed by atoms with E-state index in [1.807, 2.05) is 6.92 Å². The van der Waals surface area contributed by atoms with E-state index >= 15 is 0 Å². The molecule has 0 radical (unpaired) electrons. The first-order chi connectivity index (χ1) is 5.65. The van der Waals surface area contributed by atoms with E-state index in [0.717, 1.165) is 5.56 Å². The minimum Gasteiger partial charge on any atom is -0.396 e. The van der Waals surface area contributed by atoms with Gasteiger partial charge in [-0.25, -0.2) is 4.39 Å². The highest BCUT2D eigenvalue weighted by molar-refractivity contribution is 6.30. The second-order valence-electron chi connectivity index (χ2n) is 2.76. The van der Waals surface area contributed by atoms with Gasteiger partial charge in [0.25, 0.3) is 0 Å². The van der Waals surface area contributed by atoms with Crippen molar-refractivity contribution < 1.29 is 9.50 Å². The van der Waals surface area contributed by atoms with Gasteiger partial charge in [0.15, 0.2) is 0 Å². The van der Waals surface area contributed by atoms with Gasteiger partial charge in [0.05, 0.1) is 5.02 Å². The first-order valence-electron chi connectivity index (χ1n) is 3.71. The molecule has 1 aromatic carbocycles. The van der Waals surface area contributed by atoms with Crippen molar-refractivity contribution in [2.75, 3.05) is 6.61 Å². The molecule has 66 valence electrons. The Bertz CT molecular complexity index is 275. The maximum Gasteiger partial charge on any atom is 0.142 e. The van der Waals surface area contributed by atoms with Gasteiger partial charge in [-0.2, -0.15) is 0 Å². The first-order valence-corrected chi connectivity index (χ1v) is 4.08. The molecule has 3 heteroatoms. The summed E-state index contributed by atoms with van der Waals surface area (Å²) in [6.45, 7) is 1.84. The van der Waals surface area contributed by atoms with E-state index < -0.39 is 5.82 Å². The van der Waals surface area contributed by atoms with Gasteiger partial charge in [-0.15, -0.1) is 0 Å². The maximum absolute atomic E-state index is 12.9. The highest BCUT2D eigenvalue weighted by Gasteiger charge is 2.06. The molecule has 0 aromatic heterocycles. The Morgan fingerprint density at radius 2 is 2.25 bits per heavy atom.